The van der Waals surface area contributed by atoms with Crippen molar-refractivity contribution in [1.82, 2.24) is 10.2 Å². The first kappa shape index (κ1) is 29.7. The molecule has 10 heteroatoms. The fraction of sp³-hybridized carbons (Fsp3) is 0.219. The number of fused-ring (bicyclic) bond motifs is 1. The van der Waals surface area contributed by atoms with Crippen LogP contribution >= 0.6 is 0 Å². The summed E-state index contributed by atoms with van der Waals surface area (Å²) in [6, 6.07) is 19.5. The van der Waals surface area contributed by atoms with Crippen molar-refractivity contribution >= 4 is 34.7 Å². The minimum absolute atomic E-state index is 0.340. The number of esters is 2. The van der Waals surface area contributed by atoms with Gasteiger partial charge in [0.2, 0.25) is 0 Å². The fourth-order valence-corrected chi connectivity index (χ4v) is 3.98. The van der Waals surface area contributed by atoms with Gasteiger partial charge in [0.25, 0.3) is 0 Å². The Labute approximate surface area is 244 Å². The summed E-state index contributed by atoms with van der Waals surface area (Å²) in [5.74, 6) is 1.18. The van der Waals surface area contributed by atoms with Gasteiger partial charge in [-0.1, -0.05) is 30.8 Å². The van der Waals surface area contributed by atoms with Crippen LogP contribution in [0.3, 0.4) is 0 Å². The van der Waals surface area contributed by atoms with Crippen molar-refractivity contribution in [3.63, 3.8) is 0 Å². The lowest BCUT2D eigenvalue weighted by atomic mass is 10.2. The third-order valence-corrected chi connectivity index (χ3v) is 6.16. The molecule has 10 nitrogen and oxygen atoms in total. The number of carbonyl (C=O) groups excluding carboxylic acids is 2. The second-order valence-electron chi connectivity index (χ2n) is 9.10. The molecule has 0 aliphatic heterocycles. The molecule has 0 aliphatic carbocycles. The molecule has 0 fully saturated rings. The van der Waals surface area contributed by atoms with Crippen LogP contribution in [0.4, 0.5) is 5.82 Å². The minimum atomic E-state index is -0.504. The van der Waals surface area contributed by atoms with E-state index in [9.17, 15) is 9.59 Å². The Bertz CT molecular complexity index is 1530. The number of hydrazone groups is 1. The minimum Gasteiger partial charge on any atom is -0.496 e. The summed E-state index contributed by atoms with van der Waals surface area (Å²) in [5, 5.41) is 14.2. The Hall–Kier alpha value is -5.25. The second kappa shape index (κ2) is 15.5. The number of methoxy groups -OCH3 is 1. The Morgan fingerprint density at radius 1 is 0.952 bits per heavy atom. The van der Waals surface area contributed by atoms with E-state index in [1.165, 1.54) is 0 Å². The lowest BCUT2D eigenvalue weighted by molar-refractivity contribution is -0.137. The van der Waals surface area contributed by atoms with E-state index in [1.54, 1.807) is 62.0 Å². The van der Waals surface area contributed by atoms with Crippen LogP contribution in [0.5, 0.6) is 17.2 Å². The van der Waals surface area contributed by atoms with Gasteiger partial charge in [-0.2, -0.15) is 10.2 Å². The van der Waals surface area contributed by atoms with Crippen molar-refractivity contribution in [2.75, 3.05) is 25.7 Å². The maximum absolute atomic E-state index is 12.8. The molecular weight excluding hydrogens is 536 g/mol. The fourth-order valence-electron chi connectivity index (χ4n) is 3.98. The zero-order valence-corrected chi connectivity index (χ0v) is 23.3. The molecule has 216 valence electrons. The quantitative estimate of drug-likeness (QED) is 0.0461. The van der Waals surface area contributed by atoms with E-state index in [0.717, 1.165) is 42.5 Å². The Morgan fingerprint density at radius 3 is 2.50 bits per heavy atom. The molecule has 0 atom stereocenters. The van der Waals surface area contributed by atoms with Crippen LogP contribution in [0.2, 0.25) is 0 Å². The van der Waals surface area contributed by atoms with Gasteiger partial charge in [-0.25, -0.2) is 9.59 Å². The SMILES string of the molecule is C=CC(=O)OCCCCCCOc1ccc(C(=O)Oc2ccc(OC)c(/C=N/Nc3nncc4ccccc34)c2)cc1. The summed E-state index contributed by atoms with van der Waals surface area (Å²) in [5.41, 5.74) is 3.90. The summed E-state index contributed by atoms with van der Waals surface area (Å²) in [4.78, 5) is 23.8. The van der Waals surface area contributed by atoms with E-state index in [1.807, 2.05) is 24.3 Å². The van der Waals surface area contributed by atoms with E-state index in [4.69, 9.17) is 18.9 Å². The van der Waals surface area contributed by atoms with Crippen LogP contribution in [-0.2, 0) is 9.53 Å². The molecule has 0 saturated carbocycles. The standard InChI is InChI=1S/C32H32N4O6/c1-3-30(37)41-19-9-5-4-8-18-40-26-14-12-23(13-15-26)32(38)42-27-16-17-29(39-2)25(20-27)22-34-36-31-28-11-7-6-10-24(28)21-33-35-31/h3,6-7,10-17,20-22H,1,4-5,8-9,18-19H2,2H3,(H,35,36)/b34-22+. The topological polar surface area (TPSA) is 121 Å². The van der Waals surface area contributed by atoms with Crippen LogP contribution in [0.1, 0.15) is 41.6 Å². The van der Waals surface area contributed by atoms with Crippen molar-refractivity contribution in [2.24, 2.45) is 5.10 Å². The number of unbranched alkanes of at least 4 members (excludes halogenated alkanes) is 3. The summed E-state index contributed by atoms with van der Waals surface area (Å²) in [7, 11) is 1.55. The highest BCUT2D eigenvalue weighted by Gasteiger charge is 2.11. The Kier molecular flexibility index (Phi) is 11.0. The third-order valence-electron chi connectivity index (χ3n) is 6.16. The summed E-state index contributed by atoms with van der Waals surface area (Å²) < 4.78 is 21.7. The van der Waals surface area contributed by atoms with E-state index < -0.39 is 11.9 Å². The zero-order valence-electron chi connectivity index (χ0n) is 23.3. The predicted molar refractivity (Wildman–Crippen MR) is 160 cm³/mol. The van der Waals surface area contributed by atoms with Crippen LogP contribution in [-0.4, -0.2) is 48.7 Å². The van der Waals surface area contributed by atoms with Gasteiger partial charge < -0.3 is 18.9 Å². The summed E-state index contributed by atoms with van der Waals surface area (Å²) in [6.07, 6.45) is 7.97. The Morgan fingerprint density at radius 2 is 1.71 bits per heavy atom. The van der Waals surface area contributed by atoms with Crippen LogP contribution in [0.15, 0.2) is 90.7 Å². The third kappa shape index (κ3) is 8.62. The molecule has 1 aromatic heterocycles. The van der Waals surface area contributed by atoms with Crippen molar-refractivity contribution in [3.8, 4) is 17.2 Å². The monoisotopic (exact) mass is 568 g/mol. The van der Waals surface area contributed by atoms with Crippen LogP contribution < -0.4 is 19.6 Å². The molecule has 4 aromatic rings. The average molecular weight is 569 g/mol. The molecule has 0 bridgehead atoms. The zero-order chi connectivity index (χ0) is 29.6. The van der Waals surface area contributed by atoms with Gasteiger partial charge in [0.15, 0.2) is 5.82 Å². The van der Waals surface area contributed by atoms with E-state index in [-0.39, 0.29) is 0 Å². The van der Waals surface area contributed by atoms with Crippen molar-refractivity contribution in [3.05, 3.63) is 96.7 Å². The molecule has 4 rings (SSSR count). The lowest BCUT2D eigenvalue weighted by Crippen LogP contribution is -2.09. The van der Waals surface area contributed by atoms with Gasteiger partial charge in [-0.05, 0) is 68.1 Å². The van der Waals surface area contributed by atoms with Crippen molar-refractivity contribution in [1.29, 1.82) is 0 Å². The number of benzene rings is 3. The molecule has 3 aromatic carbocycles. The number of rotatable bonds is 15. The second-order valence-corrected chi connectivity index (χ2v) is 9.10. The summed E-state index contributed by atoms with van der Waals surface area (Å²) in [6.45, 7) is 4.31. The number of anilines is 1. The normalized spacial score (nSPS) is 10.8. The summed E-state index contributed by atoms with van der Waals surface area (Å²) >= 11 is 0. The van der Waals surface area contributed by atoms with Crippen LogP contribution in [0.25, 0.3) is 10.8 Å². The maximum Gasteiger partial charge on any atom is 0.343 e. The highest BCUT2D eigenvalue weighted by atomic mass is 16.5. The maximum atomic E-state index is 12.8. The molecule has 1 heterocycles. The van der Waals surface area contributed by atoms with Gasteiger partial charge in [-0.15, -0.1) is 5.10 Å². The van der Waals surface area contributed by atoms with Gasteiger partial charge in [0.05, 0.1) is 38.3 Å². The van der Waals surface area contributed by atoms with Crippen LogP contribution in [0, 0.1) is 0 Å². The van der Waals surface area contributed by atoms with E-state index >= 15 is 0 Å². The van der Waals surface area contributed by atoms with Gasteiger partial charge in [0, 0.05) is 22.4 Å². The molecule has 0 unspecified atom stereocenters. The number of ether oxygens (including phenoxy) is 4. The van der Waals surface area contributed by atoms with Gasteiger partial charge in [-0.3, -0.25) is 5.43 Å². The number of nitrogens with zero attached hydrogens (tertiary/aromatic N) is 3. The molecule has 0 radical (unpaired) electrons. The van der Waals surface area contributed by atoms with E-state index in [0.29, 0.717) is 47.4 Å². The number of aromatic nitrogens is 2. The highest BCUT2D eigenvalue weighted by Crippen LogP contribution is 2.24. The largest absolute Gasteiger partial charge is 0.496 e. The molecule has 0 amide bonds. The van der Waals surface area contributed by atoms with E-state index in [2.05, 4.69) is 27.3 Å². The van der Waals surface area contributed by atoms with Gasteiger partial charge >= 0.3 is 11.9 Å². The van der Waals surface area contributed by atoms with Crippen molar-refractivity contribution < 1.29 is 28.5 Å². The number of hydrogen-bond acceptors (Lipinski definition) is 10. The highest BCUT2D eigenvalue weighted by molar-refractivity contribution is 5.93. The molecular formula is C32H32N4O6. The molecule has 1 N–H and O–H groups in total. The van der Waals surface area contributed by atoms with Gasteiger partial charge in [0.1, 0.15) is 17.2 Å². The number of hydrogen-bond donors (Lipinski definition) is 1. The lowest BCUT2D eigenvalue weighted by Gasteiger charge is -2.10. The first-order valence-corrected chi connectivity index (χ1v) is 13.5. The Balaban J connectivity index is 1.27. The smallest absolute Gasteiger partial charge is 0.343 e. The molecule has 0 saturated heterocycles. The number of nitrogens with one attached hydrogen (secondary N) is 1. The first-order valence-electron chi connectivity index (χ1n) is 13.5. The first-order chi connectivity index (χ1) is 20.6. The molecule has 0 spiro atoms. The predicted octanol–water partition coefficient (Wildman–Crippen LogP) is 5.97. The average Bonchev–Trinajstić information content (AvgIpc) is 3.02. The number of carbonyl (C=O) groups is 2. The van der Waals surface area contributed by atoms with Crippen molar-refractivity contribution in [2.45, 2.75) is 25.7 Å². The molecule has 0 aliphatic rings. The molecule has 42 heavy (non-hydrogen) atoms.